The molecule has 0 radical (unpaired) electrons. The largest absolute Gasteiger partial charge is 0.450 e. The van der Waals surface area contributed by atoms with Gasteiger partial charge >= 0.3 is 0 Å². The average molecular weight is 343 g/mol. The number of halogens is 1. The quantitative estimate of drug-likeness (QED) is 0.844. The van der Waals surface area contributed by atoms with Gasteiger partial charge in [-0.2, -0.15) is 0 Å². The first-order valence-electron chi connectivity index (χ1n) is 6.52. The van der Waals surface area contributed by atoms with Crippen molar-refractivity contribution >= 4 is 27.9 Å². The number of likely N-dealkylation sites (tertiary alicyclic amines) is 1. The summed E-state index contributed by atoms with van der Waals surface area (Å²) in [5.41, 5.74) is 0. The summed E-state index contributed by atoms with van der Waals surface area (Å²) >= 11 is 3.22. The number of β-amino-alcohol motifs (C(OH)–C–C–N with tert-alkyl or cyclic N) is 1. The van der Waals surface area contributed by atoms with Crippen molar-refractivity contribution in [3.63, 3.8) is 0 Å². The van der Waals surface area contributed by atoms with E-state index in [2.05, 4.69) is 15.9 Å². The van der Waals surface area contributed by atoms with Gasteiger partial charge in [0, 0.05) is 25.2 Å². The molecule has 1 aromatic rings. The van der Waals surface area contributed by atoms with Crippen molar-refractivity contribution in [3.8, 4) is 0 Å². The molecule has 5 nitrogen and oxygen atoms in total. The number of aliphatic hydroxyl groups is 1. The average Bonchev–Trinajstić information content (AvgIpc) is 2.92. The zero-order valence-corrected chi connectivity index (χ0v) is 13.2. The van der Waals surface area contributed by atoms with Gasteiger partial charge in [-0.25, -0.2) is 0 Å². The second-order valence-electron chi connectivity index (χ2n) is 5.27. The van der Waals surface area contributed by atoms with E-state index >= 15 is 0 Å². The van der Waals surface area contributed by atoms with Gasteiger partial charge in [-0.1, -0.05) is 0 Å². The molecule has 0 spiro atoms. The Labute approximate surface area is 127 Å². The molecular weight excluding hydrogens is 324 g/mol. The lowest BCUT2D eigenvalue weighted by Crippen LogP contribution is -2.40. The van der Waals surface area contributed by atoms with E-state index in [-0.39, 0.29) is 11.9 Å². The molecule has 1 saturated heterocycles. The maximum atomic E-state index is 12.2. The molecule has 1 aliphatic heterocycles. The highest BCUT2D eigenvalue weighted by Crippen LogP contribution is 2.20. The molecule has 20 heavy (non-hydrogen) atoms. The first-order valence-corrected chi connectivity index (χ1v) is 7.32. The van der Waals surface area contributed by atoms with Crippen LogP contribution in [-0.4, -0.2) is 60.1 Å². The molecule has 110 valence electrons. The minimum Gasteiger partial charge on any atom is -0.450 e. The minimum absolute atomic E-state index is 0.0560. The molecule has 0 aliphatic carbocycles. The first kappa shape index (κ1) is 15.3. The highest BCUT2D eigenvalue weighted by Gasteiger charge is 2.33. The lowest BCUT2D eigenvalue weighted by Gasteiger charge is -2.25. The normalized spacial score (nSPS) is 23.1. The second-order valence-corrected chi connectivity index (χ2v) is 6.05. The number of hydrogen-bond acceptors (Lipinski definition) is 4. The van der Waals surface area contributed by atoms with Crippen LogP contribution in [0, 0.1) is 0 Å². The van der Waals surface area contributed by atoms with Crippen LogP contribution in [0.1, 0.15) is 12.2 Å². The van der Waals surface area contributed by atoms with Crippen molar-refractivity contribution in [3.05, 3.63) is 28.6 Å². The van der Waals surface area contributed by atoms with Gasteiger partial charge in [-0.05, 0) is 54.7 Å². The fraction of sp³-hybridized carbons (Fsp3) is 0.500. The highest BCUT2D eigenvalue weighted by atomic mass is 79.9. The Morgan fingerprint density at radius 1 is 1.60 bits per heavy atom. The molecule has 2 atom stereocenters. The van der Waals surface area contributed by atoms with Crippen LogP contribution in [0.5, 0.6) is 0 Å². The lowest BCUT2D eigenvalue weighted by atomic mass is 10.2. The molecule has 1 N–H and O–H groups in total. The van der Waals surface area contributed by atoms with Gasteiger partial charge in [0.2, 0.25) is 5.91 Å². The third-order valence-electron chi connectivity index (χ3n) is 3.24. The van der Waals surface area contributed by atoms with E-state index < -0.39 is 6.10 Å². The summed E-state index contributed by atoms with van der Waals surface area (Å²) in [4.78, 5) is 16.0. The molecule has 0 bridgehead atoms. The van der Waals surface area contributed by atoms with Crippen molar-refractivity contribution in [1.82, 2.24) is 9.80 Å². The SMILES string of the molecule is CN(C)CC1CC(O)CN1C(=O)C=Cc1ccc(Br)o1. The van der Waals surface area contributed by atoms with E-state index in [0.717, 1.165) is 6.54 Å². The molecule has 1 fully saturated rings. The van der Waals surface area contributed by atoms with Gasteiger partial charge in [0.15, 0.2) is 4.67 Å². The van der Waals surface area contributed by atoms with Gasteiger partial charge < -0.3 is 19.3 Å². The summed E-state index contributed by atoms with van der Waals surface area (Å²) in [7, 11) is 3.92. The molecule has 2 rings (SSSR count). The number of likely N-dealkylation sites (N-methyl/N-ethyl adjacent to an activating group) is 1. The van der Waals surface area contributed by atoms with Gasteiger partial charge in [-0.3, -0.25) is 4.79 Å². The van der Waals surface area contributed by atoms with Crippen molar-refractivity contribution in [2.75, 3.05) is 27.2 Å². The summed E-state index contributed by atoms with van der Waals surface area (Å²) in [5, 5.41) is 9.76. The fourth-order valence-electron chi connectivity index (χ4n) is 2.42. The smallest absolute Gasteiger partial charge is 0.247 e. The number of hydrogen-bond donors (Lipinski definition) is 1. The Morgan fingerprint density at radius 2 is 2.35 bits per heavy atom. The van der Waals surface area contributed by atoms with E-state index in [9.17, 15) is 9.90 Å². The van der Waals surface area contributed by atoms with E-state index in [1.807, 2.05) is 19.0 Å². The topological polar surface area (TPSA) is 56.9 Å². The number of rotatable bonds is 4. The van der Waals surface area contributed by atoms with E-state index in [1.54, 1.807) is 23.1 Å². The summed E-state index contributed by atoms with van der Waals surface area (Å²) < 4.78 is 5.94. The van der Waals surface area contributed by atoms with Crippen molar-refractivity contribution in [1.29, 1.82) is 0 Å². The molecule has 0 saturated carbocycles. The summed E-state index contributed by atoms with van der Waals surface area (Å²) in [5.74, 6) is 0.523. The zero-order valence-electron chi connectivity index (χ0n) is 11.6. The predicted molar refractivity (Wildman–Crippen MR) is 80.1 cm³/mol. The van der Waals surface area contributed by atoms with Crippen molar-refractivity contribution in [2.45, 2.75) is 18.6 Å². The number of nitrogens with zero attached hydrogens (tertiary/aromatic N) is 2. The monoisotopic (exact) mass is 342 g/mol. The number of carbonyl (C=O) groups excluding carboxylic acids is 1. The van der Waals surface area contributed by atoms with Crippen LogP contribution in [0.4, 0.5) is 0 Å². The Kier molecular flexibility index (Phi) is 5.01. The number of furan rings is 1. The van der Waals surface area contributed by atoms with Crippen LogP contribution in [0.3, 0.4) is 0 Å². The standard InChI is InChI=1S/C14H19BrN2O3/c1-16(2)8-10-7-11(18)9-17(10)14(19)6-4-12-3-5-13(15)20-12/h3-6,10-11,18H,7-9H2,1-2H3. The summed E-state index contributed by atoms with van der Waals surface area (Å²) in [6.07, 6.45) is 3.33. The molecule has 2 unspecified atom stereocenters. The van der Waals surface area contributed by atoms with Crippen LogP contribution in [0.2, 0.25) is 0 Å². The minimum atomic E-state index is -0.435. The van der Waals surface area contributed by atoms with Crippen LogP contribution in [-0.2, 0) is 4.79 Å². The van der Waals surface area contributed by atoms with Crippen LogP contribution < -0.4 is 0 Å². The number of aliphatic hydroxyl groups excluding tert-OH is 1. The summed E-state index contributed by atoms with van der Waals surface area (Å²) in [6.45, 7) is 1.15. The maximum absolute atomic E-state index is 12.2. The number of carbonyl (C=O) groups is 1. The fourth-order valence-corrected chi connectivity index (χ4v) is 2.74. The van der Waals surface area contributed by atoms with Gasteiger partial charge in [0.25, 0.3) is 0 Å². The molecule has 2 heterocycles. The highest BCUT2D eigenvalue weighted by molar-refractivity contribution is 9.10. The Hall–Kier alpha value is -1.11. The van der Waals surface area contributed by atoms with Crippen molar-refractivity contribution < 1.29 is 14.3 Å². The van der Waals surface area contributed by atoms with E-state index in [4.69, 9.17) is 4.42 Å². The zero-order chi connectivity index (χ0) is 14.7. The van der Waals surface area contributed by atoms with Gasteiger partial charge in [0.1, 0.15) is 5.76 Å². The van der Waals surface area contributed by atoms with Crippen LogP contribution in [0.25, 0.3) is 6.08 Å². The van der Waals surface area contributed by atoms with E-state index in [1.165, 1.54) is 6.08 Å². The number of amides is 1. The van der Waals surface area contributed by atoms with Crippen LogP contribution in [0.15, 0.2) is 27.3 Å². The lowest BCUT2D eigenvalue weighted by molar-refractivity contribution is -0.127. The first-order chi connectivity index (χ1) is 9.45. The molecular formula is C14H19BrN2O3. The Bertz CT molecular complexity index is 498. The van der Waals surface area contributed by atoms with Crippen LogP contribution >= 0.6 is 15.9 Å². The molecule has 1 aliphatic rings. The molecule has 1 aromatic heterocycles. The van der Waals surface area contributed by atoms with Gasteiger partial charge in [0.05, 0.1) is 6.10 Å². The summed E-state index contributed by atoms with van der Waals surface area (Å²) in [6, 6.07) is 3.61. The Balaban J connectivity index is 2.01. The predicted octanol–water partition coefficient (Wildman–Crippen LogP) is 1.58. The second kappa shape index (κ2) is 6.56. The van der Waals surface area contributed by atoms with Crippen molar-refractivity contribution in [2.24, 2.45) is 0 Å². The Morgan fingerprint density at radius 3 is 2.95 bits per heavy atom. The third kappa shape index (κ3) is 3.94. The third-order valence-corrected chi connectivity index (χ3v) is 3.66. The maximum Gasteiger partial charge on any atom is 0.247 e. The molecule has 6 heteroatoms. The molecule has 0 aromatic carbocycles. The van der Waals surface area contributed by atoms with Gasteiger partial charge in [-0.15, -0.1) is 0 Å². The molecule has 1 amide bonds. The van der Waals surface area contributed by atoms with E-state index in [0.29, 0.717) is 23.4 Å².